The third kappa shape index (κ3) is 1.63. The Kier molecular flexibility index (Phi) is 2.70. The first kappa shape index (κ1) is 11.9. The van der Waals surface area contributed by atoms with Crippen LogP contribution in [0.2, 0.25) is 0 Å². The molecule has 5 heteroatoms. The Morgan fingerprint density at radius 3 is 2.60 bits per heavy atom. The SMILES string of the molecule is N#Cc1c(O)c2cccnc2n(-c2ccccc2)c1=O. The lowest BCUT2D eigenvalue weighted by molar-refractivity contribution is 0.478. The Morgan fingerprint density at radius 1 is 1.15 bits per heavy atom. The first-order valence-electron chi connectivity index (χ1n) is 5.92. The van der Waals surface area contributed by atoms with Gasteiger partial charge in [0.25, 0.3) is 5.56 Å². The highest BCUT2D eigenvalue weighted by atomic mass is 16.3. The van der Waals surface area contributed by atoms with E-state index in [1.165, 1.54) is 10.8 Å². The van der Waals surface area contributed by atoms with Gasteiger partial charge in [-0.2, -0.15) is 5.26 Å². The molecule has 3 rings (SSSR count). The zero-order valence-corrected chi connectivity index (χ0v) is 10.3. The number of rotatable bonds is 1. The van der Waals surface area contributed by atoms with Gasteiger partial charge in [0.05, 0.1) is 11.1 Å². The van der Waals surface area contributed by atoms with Gasteiger partial charge >= 0.3 is 0 Å². The van der Waals surface area contributed by atoms with Crippen LogP contribution in [0.25, 0.3) is 16.7 Å². The molecule has 2 heterocycles. The quantitative estimate of drug-likeness (QED) is 0.728. The fraction of sp³-hybridized carbons (Fsp3) is 0. The molecule has 0 bridgehead atoms. The van der Waals surface area contributed by atoms with E-state index in [9.17, 15) is 9.90 Å². The van der Waals surface area contributed by atoms with E-state index in [4.69, 9.17) is 5.26 Å². The van der Waals surface area contributed by atoms with E-state index in [0.717, 1.165) is 0 Å². The number of benzene rings is 1. The van der Waals surface area contributed by atoms with Gasteiger partial charge in [-0.3, -0.25) is 9.36 Å². The summed E-state index contributed by atoms with van der Waals surface area (Å²) in [7, 11) is 0. The van der Waals surface area contributed by atoms with E-state index in [-0.39, 0.29) is 11.3 Å². The molecule has 0 spiro atoms. The van der Waals surface area contributed by atoms with Gasteiger partial charge in [0.15, 0.2) is 11.2 Å². The second-order valence-corrected chi connectivity index (χ2v) is 4.19. The van der Waals surface area contributed by atoms with Crippen molar-refractivity contribution in [3.05, 3.63) is 64.6 Å². The molecule has 96 valence electrons. The van der Waals surface area contributed by atoms with Gasteiger partial charge in [-0.15, -0.1) is 0 Å². The topological polar surface area (TPSA) is 78.9 Å². The maximum absolute atomic E-state index is 12.4. The molecule has 0 saturated carbocycles. The Bertz CT molecular complexity index is 893. The molecule has 0 atom stereocenters. The minimum absolute atomic E-state index is 0.283. The van der Waals surface area contributed by atoms with Gasteiger partial charge in [0, 0.05) is 6.20 Å². The number of aromatic nitrogens is 2. The molecule has 0 radical (unpaired) electrons. The smallest absolute Gasteiger partial charge is 0.278 e. The van der Waals surface area contributed by atoms with Crippen molar-refractivity contribution in [2.45, 2.75) is 0 Å². The van der Waals surface area contributed by atoms with Crippen LogP contribution in [0.3, 0.4) is 0 Å². The van der Waals surface area contributed by atoms with Gasteiger partial charge in [-0.05, 0) is 24.3 Å². The van der Waals surface area contributed by atoms with Gasteiger partial charge in [0.2, 0.25) is 0 Å². The molecular formula is C15H9N3O2. The number of hydrogen-bond acceptors (Lipinski definition) is 4. The number of para-hydroxylation sites is 1. The highest BCUT2D eigenvalue weighted by Gasteiger charge is 2.17. The molecule has 0 unspecified atom stereocenters. The summed E-state index contributed by atoms with van der Waals surface area (Å²) in [5.74, 6) is -0.326. The van der Waals surface area contributed by atoms with Crippen molar-refractivity contribution < 1.29 is 5.11 Å². The number of nitriles is 1. The predicted molar refractivity (Wildman–Crippen MR) is 73.7 cm³/mol. The first-order valence-corrected chi connectivity index (χ1v) is 5.92. The number of hydrogen-bond donors (Lipinski definition) is 1. The number of aromatic hydroxyl groups is 1. The van der Waals surface area contributed by atoms with Crippen LogP contribution in [0.5, 0.6) is 5.75 Å². The van der Waals surface area contributed by atoms with Crippen LogP contribution in [-0.4, -0.2) is 14.7 Å². The summed E-state index contributed by atoms with van der Waals surface area (Å²) in [5, 5.41) is 19.5. The Labute approximate surface area is 114 Å². The van der Waals surface area contributed by atoms with Crippen molar-refractivity contribution in [3.63, 3.8) is 0 Å². The van der Waals surface area contributed by atoms with Crippen LogP contribution in [0.4, 0.5) is 0 Å². The van der Waals surface area contributed by atoms with Crippen molar-refractivity contribution in [2.24, 2.45) is 0 Å². The summed E-state index contributed by atoms with van der Waals surface area (Å²) in [6.45, 7) is 0. The third-order valence-electron chi connectivity index (χ3n) is 3.03. The van der Waals surface area contributed by atoms with Gasteiger partial charge in [0.1, 0.15) is 11.8 Å². The minimum atomic E-state index is -0.581. The van der Waals surface area contributed by atoms with Crippen LogP contribution in [0.15, 0.2) is 53.5 Å². The molecule has 0 aliphatic rings. The fourth-order valence-corrected chi connectivity index (χ4v) is 2.12. The van der Waals surface area contributed by atoms with Crippen molar-refractivity contribution in [1.82, 2.24) is 9.55 Å². The van der Waals surface area contributed by atoms with Crippen LogP contribution in [0.1, 0.15) is 5.56 Å². The predicted octanol–water partition coefficient (Wildman–Crippen LogP) is 1.96. The first-order chi connectivity index (χ1) is 9.74. The molecule has 0 saturated heterocycles. The molecule has 5 nitrogen and oxygen atoms in total. The highest BCUT2D eigenvalue weighted by molar-refractivity contribution is 5.85. The number of nitrogens with zero attached hydrogens (tertiary/aromatic N) is 3. The summed E-state index contributed by atoms with van der Waals surface area (Å²) in [6.07, 6.45) is 1.53. The molecule has 0 amide bonds. The average molecular weight is 263 g/mol. The van der Waals surface area contributed by atoms with E-state index in [1.807, 2.05) is 6.07 Å². The van der Waals surface area contributed by atoms with Gasteiger partial charge < -0.3 is 5.11 Å². The second-order valence-electron chi connectivity index (χ2n) is 4.19. The summed E-state index contributed by atoms with van der Waals surface area (Å²) in [4.78, 5) is 16.5. The van der Waals surface area contributed by atoms with E-state index in [2.05, 4.69) is 4.98 Å². The second kappa shape index (κ2) is 4.52. The molecule has 20 heavy (non-hydrogen) atoms. The van der Waals surface area contributed by atoms with Crippen LogP contribution in [0, 0.1) is 11.3 Å². The molecule has 2 aromatic heterocycles. The molecule has 0 fully saturated rings. The average Bonchev–Trinajstić information content (AvgIpc) is 2.49. The fourth-order valence-electron chi connectivity index (χ4n) is 2.12. The lowest BCUT2D eigenvalue weighted by Gasteiger charge is -2.11. The third-order valence-corrected chi connectivity index (χ3v) is 3.03. The molecule has 1 N–H and O–H groups in total. The molecule has 0 aliphatic carbocycles. The van der Waals surface area contributed by atoms with Gasteiger partial charge in [-0.25, -0.2) is 4.98 Å². The number of pyridine rings is 2. The Hall–Kier alpha value is -3.13. The normalized spacial score (nSPS) is 10.3. The molecule has 1 aromatic carbocycles. The monoisotopic (exact) mass is 263 g/mol. The zero-order valence-electron chi connectivity index (χ0n) is 10.3. The molecule has 3 aromatic rings. The number of fused-ring (bicyclic) bond motifs is 1. The highest BCUT2D eigenvalue weighted by Crippen LogP contribution is 2.25. The lowest BCUT2D eigenvalue weighted by atomic mass is 10.1. The maximum Gasteiger partial charge on any atom is 0.278 e. The molecule has 0 aliphatic heterocycles. The summed E-state index contributed by atoms with van der Waals surface area (Å²) in [5.41, 5.74) is 0.0506. The van der Waals surface area contributed by atoms with E-state index < -0.39 is 5.56 Å². The largest absolute Gasteiger partial charge is 0.506 e. The Balaban J connectivity index is 2.55. The van der Waals surface area contributed by atoms with Crippen molar-refractivity contribution in [2.75, 3.05) is 0 Å². The van der Waals surface area contributed by atoms with Crippen LogP contribution in [-0.2, 0) is 0 Å². The van der Waals surface area contributed by atoms with E-state index in [1.54, 1.807) is 42.5 Å². The maximum atomic E-state index is 12.4. The standard InChI is InChI=1S/C15H9N3O2/c16-9-12-13(19)11-7-4-8-17-14(11)18(15(12)20)10-5-2-1-3-6-10/h1-8,19H. The minimum Gasteiger partial charge on any atom is -0.506 e. The van der Waals surface area contributed by atoms with E-state index in [0.29, 0.717) is 16.7 Å². The van der Waals surface area contributed by atoms with Crippen LogP contribution < -0.4 is 5.56 Å². The summed E-state index contributed by atoms with van der Waals surface area (Å²) >= 11 is 0. The summed E-state index contributed by atoms with van der Waals surface area (Å²) in [6, 6.07) is 13.9. The van der Waals surface area contributed by atoms with Crippen molar-refractivity contribution >= 4 is 11.0 Å². The van der Waals surface area contributed by atoms with Crippen LogP contribution >= 0.6 is 0 Å². The Morgan fingerprint density at radius 2 is 1.90 bits per heavy atom. The van der Waals surface area contributed by atoms with Gasteiger partial charge in [-0.1, -0.05) is 18.2 Å². The van der Waals surface area contributed by atoms with Crippen molar-refractivity contribution in [3.8, 4) is 17.5 Å². The molecular weight excluding hydrogens is 254 g/mol. The zero-order chi connectivity index (χ0) is 14.1. The van der Waals surface area contributed by atoms with E-state index >= 15 is 0 Å². The summed E-state index contributed by atoms with van der Waals surface area (Å²) < 4.78 is 1.33. The van der Waals surface area contributed by atoms with Crippen molar-refractivity contribution in [1.29, 1.82) is 5.26 Å². The lowest BCUT2D eigenvalue weighted by Crippen LogP contribution is -2.22.